The van der Waals surface area contributed by atoms with Crippen molar-refractivity contribution in [2.24, 2.45) is 7.05 Å². The standard InChI is InChI=1S/C21H22N6O2S/c1-26-18-10-6-5-9-16(18)23-20(26)17(11-12-30-2)22-19(28)13-27-21(29)14-7-3-4-8-15(14)24-25-27/h3-10,17H,11-13H2,1-2H3,(H,22,28)/t17-/m1/s1. The quantitative estimate of drug-likeness (QED) is 0.491. The molecule has 1 amide bonds. The number of hydrogen-bond donors (Lipinski definition) is 1. The van der Waals surface area contributed by atoms with Crippen molar-refractivity contribution in [1.29, 1.82) is 0 Å². The Labute approximate surface area is 177 Å². The number of para-hydroxylation sites is 2. The molecule has 2 heterocycles. The van der Waals surface area contributed by atoms with Crippen LogP contribution in [0.2, 0.25) is 0 Å². The number of nitrogens with zero attached hydrogens (tertiary/aromatic N) is 5. The van der Waals surface area contributed by atoms with Gasteiger partial charge in [0.15, 0.2) is 0 Å². The number of fused-ring (bicyclic) bond motifs is 2. The molecule has 0 aliphatic rings. The van der Waals surface area contributed by atoms with Crippen LogP contribution >= 0.6 is 11.8 Å². The molecule has 2 aromatic carbocycles. The molecule has 9 heteroatoms. The van der Waals surface area contributed by atoms with Crippen LogP contribution in [-0.2, 0) is 18.4 Å². The summed E-state index contributed by atoms with van der Waals surface area (Å²) in [7, 11) is 1.95. The van der Waals surface area contributed by atoms with E-state index in [1.165, 1.54) is 0 Å². The Kier molecular flexibility index (Phi) is 5.80. The maximum absolute atomic E-state index is 12.8. The summed E-state index contributed by atoms with van der Waals surface area (Å²) in [6.45, 7) is -0.198. The maximum Gasteiger partial charge on any atom is 0.278 e. The molecular weight excluding hydrogens is 400 g/mol. The SMILES string of the molecule is CSCC[C@@H](NC(=O)Cn1nnc2ccccc2c1=O)c1nc2ccccc2n1C. The van der Waals surface area contributed by atoms with Gasteiger partial charge in [-0.15, -0.1) is 5.10 Å². The fourth-order valence-corrected chi connectivity index (χ4v) is 3.95. The molecule has 0 bridgehead atoms. The molecule has 1 atom stereocenters. The largest absolute Gasteiger partial charge is 0.344 e. The van der Waals surface area contributed by atoms with Gasteiger partial charge < -0.3 is 9.88 Å². The third kappa shape index (κ3) is 3.93. The van der Waals surface area contributed by atoms with Crippen LogP contribution in [0.15, 0.2) is 53.3 Å². The van der Waals surface area contributed by atoms with Gasteiger partial charge in [0.1, 0.15) is 17.9 Å². The van der Waals surface area contributed by atoms with E-state index in [-0.39, 0.29) is 24.1 Å². The lowest BCUT2D eigenvalue weighted by Gasteiger charge is -2.18. The van der Waals surface area contributed by atoms with E-state index in [0.717, 1.165) is 33.7 Å². The zero-order valence-corrected chi connectivity index (χ0v) is 17.6. The fraction of sp³-hybridized carbons (Fsp3) is 0.286. The molecule has 0 unspecified atom stereocenters. The topological polar surface area (TPSA) is 94.7 Å². The lowest BCUT2D eigenvalue weighted by Crippen LogP contribution is -2.37. The molecular formula is C21H22N6O2S. The van der Waals surface area contributed by atoms with E-state index in [0.29, 0.717) is 10.9 Å². The van der Waals surface area contributed by atoms with Crippen molar-refractivity contribution in [3.05, 3.63) is 64.7 Å². The van der Waals surface area contributed by atoms with Gasteiger partial charge in [-0.05, 0) is 42.7 Å². The number of nitrogens with one attached hydrogen (secondary N) is 1. The highest BCUT2D eigenvalue weighted by Crippen LogP contribution is 2.22. The van der Waals surface area contributed by atoms with Gasteiger partial charge in [-0.2, -0.15) is 11.8 Å². The molecule has 0 spiro atoms. The van der Waals surface area contributed by atoms with Crippen LogP contribution in [0, 0.1) is 0 Å². The Bertz CT molecular complexity index is 1270. The van der Waals surface area contributed by atoms with Gasteiger partial charge in [-0.25, -0.2) is 9.67 Å². The van der Waals surface area contributed by atoms with Crippen LogP contribution in [0.1, 0.15) is 18.3 Å². The van der Waals surface area contributed by atoms with E-state index in [1.807, 2.05) is 42.1 Å². The zero-order valence-electron chi connectivity index (χ0n) is 16.8. The first-order valence-electron chi connectivity index (χ1n) is 9.60. The predicted molar refractivity (Wildman–Crippen MR) is 118 cm³/mol. The normalized spacial score (nSPS) is 12.3. The number of benzene rings is 2. The molecule has 0 fully saturated rings. The van der Waals surface area contributed by atoms with Crippen molar-refractivity contribution >= 4 is 39.6 Å². The second-order valence-corrected chi connectivity index (χ2v) is 7.97. The van der Waals surface area contributed by atoms with Crippen LogP contribution < -0.4 is 10.9 Å². The summed E-state index contributed by atoms with van der Waals surface area (Å²) in [5.74, 6) is 1.35. The van der Waals surface area contributed by atoms with Crippen molar-refractivity contribution in [1.82, 2.24) is 29.9 Å². The summed E-state index contributed by atoms with van der Waals surface area (Å²) in [6.07, 6.45) is 2.75. The average Bonchev–Trinajstić information content (AvgIpc) is 3.10. The molecule has 4 rings (SSSR count). The number of imidazole rings is 1. The second-order valence-electron chi connectivity index (χ2n) is 6.99. The maximum atomic E-state index is 12.8. The van der Waals surface area contributed by atoms with Gasteiger partial charge in [0, 0.05) is 7.05 Å². The van der Waals surface area contributed by atoms with Crippen LogP contribution in [-0.4, -0.2) is 42.5 Å². The van der Waals surface area contributed by atoms with Crippen molar-refractivity contribution in [2.45, 2.75) is 19.0 Å². The monoisotopic (exact) mass is 422 g/mol. The Morgan fingerprint density at radius 2 is 1.87 bits per heavy atom. The van der Waals surface area contributed by atoms with E-state index in [9.17, 15) is 9.59 Å². The molecule has 154 valence electrons. The number of carbonyl (C=O) groups is 1. The Hall–Kier alpha value is -3.20. The molecule has 1 N–H and O–H groups in total. The smallest absolute Gasteiger partial charge is 0.278 e. The minimum Gasteiger partial charge on any atom is -0.344 e. The molecule has 2 aromatic heterocycles. The minimum atomic E-state index is -0.334. The lowest BCUT2D eigenvalue weighted by molar-refractivity contribution is -0.122. The van der Waals surface area contributed by atoms with E-state index >= 15 is 0 Å². The highest BCUT2D eigenvalue weighted by atomic mass is 32.2. The van der Waals surface area contributed by atoms with E-state index in [4.69, 9.17) is 4.98 Å². The molecule has 0 radical (unpaired) electrons. The van der Waals surface area contributed by atoms with E-state index in [2.05, 4.69) is 15.6 Å². The first kappa shape index (κ1) is 20.1. The lowest BCUT2D eigenvalue weighted by atomic mass is 10.2. The average molecular weight is 423 g/mol. The number of aromatic nitrogens is 5. The molecule has 0 aliphatic heterocycles. The summed E-state index contributed by atoms with van der Waals surface area (Å²) in [6, 6.07) is 14.6. The summed E-state index contributed by atoms with van der Waals surface area (Å²) in [5, 5.41) is 11.4. The van der Waals surface area contributed by atoms with Crippen molar-refractivity contribution < 1.29 is 4.79 Å². The number of hydrogen-bond acceptors (Lipinski definition) is 6. The number of carbonyl (C=O) groups excluding carboxylic acids is 1. The van der Waals surface area contributed by atoms with Crippen LogP contribution in [0.4, 0.5) is 0 Å². The third-order valence-electron chi connectivity index (χ3n) is 5.00. The molecule has 30 heavy (non-hydrogen) atoms. The van der Waals surface area contributed by atoms with Gasteiger partial charge >= 0.3 is 0 Å². The molecule has 0 saturated carbocycles. The van der Waals surface area contributed by atoms with E-state index < -0.39 is 0 Å². The summed E-state index contributed by atoms with van der Waals surface area (Å²) >= 11 is 1.71. The zero-order chi connectivity index (χ0) is 21.1. The van der Waals surface area contributed by atoms with Crippen LogP contribution in [0.3, 0.4) is 0 Å². The van der Waals surface area contributed by atoms with Crippen molar-refractivity contribution in [3.8, 4) is 0 Å². The van der Waals surface area contributed by atoms with Gasteiger partial charge in [0.2, 0.25) is 5.91 Å². The fourth-order valence-electron chi connectivity index (χ4n) is 3.48. The Morgan fingerprint density at radius 1 is 1.13 bits per heavy atom. The van der Waals surface area contributed by atoms with Crippen LogP contribution in [0.25, 0.3) is 21.9 Å². The third-order valence-corrected chi connectivity index (χ3v) is 5.65. The summed E-state index contributed by atoms with van der Waals surface area (Å²) in [5.41, 5.74) is 2.07. The minimum absolute atomic E-state index is 0.198. The first-order chi connectivity index (χ1) is 14.6. The summed E-state index contributed by atoms with van der Waals surface area (Å²) < 4.78 is 3.10. The Morgan fingerprint density at radius 3 is 2.63 bits per heavy atom. The molecule has 0 saturated heterocycles. The van der Waals surface area contributed by atoms with Gasteiger partial charge in [-0.3, -0.25) is 9.59 Å². The van der Waals surface area contributed by atoms with Crippen molar-refractivity contribution in [2.75, 3.05) is 12.0 Å². The molecule has 0 aliphatic carbocycles. The predicted octanol–water partition coefficient (Wildman–Crippen LogP) is 2.29. The van der Waals surface area contributed by atoms with E-state index in [1.54, 1.807) is 36.0 Å². The van der Waals surface area contributed by atoms with Gasteiger partial charge in [0.25, 0.3) is 5.56 Å². The highest BCUT2D eigenvalue weighted by Gasteiger charge is 2.21. The highest BCUT2D eigenvalue weighted by molar-refractivity contribution is 7.98. The number of amides is 1. The summed E-state index contributed by atoms with van der Waals surface area (Å²) in [4.78, 5) is 30.1. The Balaban J connectivity index is 1.59. The molecule has 8 nitrogen and oxygen atoms in total. The first-order valence-corrected chi connectivity index (χ1v) is 11.0. The number of rotatable bonds is 7. The number of aryl methyl sites for hydroxylation is 1. The van der Waals surface area contributed by atoms with Gasteiger partial charge in [-0.1, -0.05) is 29.5 Å². The molecule has 4 aromatic rings. The second kappa shape index (κ2) is 8.66. The van der Waals surface area contributed by atoms with Crippen molar-refractivity contribution in [3.63, 3.8) is 0 Å². The van der Waals surface area contributed by atoms with Gasteiger partial charge in [0.05, 0.1) is 22.5 Å². The van der Waals surface area contributed by atoms with Crippen LogP contribution in [0.5, 0.6) is 0 Å². The number of thioether (sulfide) groups is 1.